The Bertz CT molecular complexity index is 717. The number of guanidine groups is 1. The van der Waals surface area contributed by atoms with Crippen LogP contribution in [0.2, 0.25) is 5.02 Å². The molecule has 0 aliphatic carbocycles. The molecule has 1 aliphatic rings. The molecule has 1 saturated heterocycles. The zero-order valence-electron chi connectivity index (χ0n) is 14.4. The fraction of sp³-hybridized carbons (Fsp3) is 0.412. The van der Waals surface area contributed by atoms with Crippen molar-refractivity contribution in [2.24, 2.45) is 12.0 Å². The van der Waals surface area contributed by atoms with Crippen LogP contribution in [0.25, 0.3) is 0 Å². The molecule has 0 saturated carbocycles. The molecule has 0 bridgehead atoms. The van der Waals surface area contributed by atoms with Gasteiger partial charge >= 0.3 is 0 Å². The van der Waals surface area contributed by atoms with Crippen molar-refractivity contribution >= 4 is 47.4 Å². The Balaban J connectivity index is 0.00000225. The first kappa shape index (κ1) is 19.8. The van der Waals surface area contributed by atoms with E-state index in [4.69, 9.17) is 11.6 Å². The summed E-state index contributed by atoms with van der Waals surface area (Å²) < 4.78 is 2.04. The van der Waals surface area contributed by atoms with E-state index < -0.39 is 0 Å². The highest BCUT2D eigenvalue weighted by Gasteiger charge is 2.25. The predicted molar refractivity (Wildman–Crippen MR) is 114 cm³/mol. The Hall–Kier alpha value is -1.48. The highest BCUT2D eigenvalue weighted by Crippen LogP contribution is 2.25. The summed E-state index contributed by atoms with van der Waals surface area (Å²) in [7, 11) is 3.81. The van der Waals surface area contributed by atoms with E-state index in [-0.39, 0.29) is 24.0 Å². The standard InChI is InChI=1S/C17H23ClN6.HI/c1-19-17(21-10-13-5-8-23(2)11-13)22-14-6-9-24(12-14)16-15(18)4-3-7-20-16;/h3-5,7-8,11,14H,6,9-10,12H2,1-2H3,(H2,19,21,22);1H. The maximum Gasteiger partial charge on any atom is 0.191 e. The molecule has 2 N–H and O–H groups in total. The third kappa shape index (κ3) is 5.24. The molecule has 2 aromatic heterocycles. The minimum Gasteiger partial charge on any atom is -0.357 e. The van der Waals surface area contributed by atoms with E-state index in [9.17, 15) is 0 Å². The molecule has 136 valence electrons. The SMILES string of the molecule is CN=C(NCc1ccn(C)c1)NC1CCN(c2ncccc2Cl)C1.I. The molecule has 0 spiro atoms. The molecule has 2 aromatic rings. The second-order valence-corrected chi connectivity index (χ2v) is 6.40. The monoisotopic (exact) mass is 474 g/mol. The number of hydrogen-bond acceptors (Lipinski definition) is 3. The number of rotatable bonds is 4. The van der Waals surface area contributed by atoms with Crippen LogP contribution in [0.15, 0.2) is 41.8 Å². The van der Waals surface area contributed by atoms with Crippen molar-refractivity contribution in [2.45, 2.75) is 19.0 Å². The largest absolute Gasteiger partial charge is 0.357 e. The lowest BCUT2D eigenvalue weighted by Gasteiger charge is -2.20. The summed E-state index contributed by atoms with van der Waals surface area (Å²) in [5.74, 6) is 1.67. The van der Waals surface area contributed by atoms with E-state index >= 15 is 0 Å². The minimum atomic E-state index is 0. The van der Waals surface area contributed by atoms with Gasteiger partial charge in [0.25, 0.3) is 0 Å². The molecule has 0 radical (unpaired) electrons. The van der Waals surface area contributed by atoms with Gasteiger partial charge in [0.15, 0.2) is 5.96 Å². The van der Waals surface area contributed by atoms with Gasteiger partial charge in [-0.15, -0.1) is 24.0 Å². The molecule has 1 aliphatic heterocycles. The number of pyridine rings is 1. The number of nitrogens with zero attached hydrogens (tertiary/aromatic N) is 4. The number of aliphatic imine (C=N–C) groups is 1. The Morgan fingerprint density at radius 1 is 1.44 bits per heavy atom. The number of aromatic nitrogens is 2. The summed E-state index contributed by atoms with van der Waals surface area (Å²) >= 11 is 6.24. The lowest BCUT2D eigenvalue weighted by molar-refractivity contribution is 0.648. The first-order valence-electron chi connectivity index (χ1n) is 8.09. The van der Waals surface area contributed by atoms with Crippen molar-refractivity contribution in [3.05, 3.63) is 47.4 Å². The fourth-order valence-corrected chi connectivity index (χ4v) is 3.16. The summed E-state index contributed by atoms with van der Waals surface area (Å²) in [5.41, 5.74) is 1.23. The van der Waals surface area contributed by atoms with Gasteiger partial charge in [0.05, 0.1) is 5.02 Å². The Kier molecular flexibility index (Phi) is 7.37. The predicted octanol–water partition coefficient (Wildman–Crippen LogP) is 2.64. The van der Waals surface area contributed by atoms with E-state index in [1.165, 1.54) is 5.56 Å². The number of nitrogens with one attached hydrogen (secondary N) is 2. The van der Waals surface area contributed by atoms with Crippen molar-refractivity contribution < 1.29 is 0 Å². The third-order valence-corrected chi connectivity index (χ3v) is 4.44. The van der Waals surface area contributed by atoms with Gasteiger partial charge in [-0.2, -0.15) is 0 Å². The normalized spacial score (nSPS) is 17.3. The average Bonchev–Trinajstić information content (AvgIpc) is 3.21. The summed E-state index contributed by atoms with van der Waals surface area (Å²) in [6, 6.07) is 6.16. The highest BCUT2D eigenvalue weighted by molar-refractivity contribution is 14.0. The maximum absolute atomic E-state index is 6.24. The average molecular weight is 475 g/mol. The smallest absolute Gasteiger partial charge is 0.191 e. The van der Waals surface area contributed by atoms with Gasteiger partial charge < -0.3 is 20.1 Å². The molecule has 8 heteroatoms. The van der Waals surface area contributed by atoms with Crippen LogP contribution in [-0.2, 0) is 13.6 Å². The van der Waals surface area contributed by atoms with Crippen molar-refractivity contribution in [3.8, 4) is 0 Å². The fourth-order valence-electron chi connectivity index (χ4n) is 2.92. The van der Waals surface area contributed by atoms with Crippen LogP contribution in [0.3, 0.4) is 0 Å². The Labute approximate surface area is 170 Å². The van der Waals surface area contributed by atoms with Crippen molar-refractivity contribution in [1.82, 2.24) is 20.2 Å². The molecule has 3 heterocycles. The number of aryl methyl sites for hydroxylation is 1. The molecule has 6 nitrogen and oxygen atoms in total. The zero-order chi connectivity index (χ0) is 16.9. The third-order valence-electron chi connectivity index (χ3n) is 4.14. The first-order chi connectivity index (χ1) is 11.7. The van der Waals surface area contributed by atoms with E-state index in [0.717, 1.165) is 37.8 Å². The highest BCUT2D eigenvalue weighted by atomic mass is 127. The van der Waals surface area contributed by atoms with Crippen LogP contribution in [0, 0.1) is 0 Å². The van der Waals surface area contributed by atoms with Crippen LogP contribution in [0.5, 0.6) is 0 Å². The molecule has 1 atom stereocenters. The molecular formula is C17H24ClIN6. The van der Waals surface area contributed by atoms with Gasteiger partial charge in [-0.05, 0) is 30.2 Å². The minimum absolute atomic E-state index is 0. The summed E-state index contributed by atoms with van der Waals surface area (Å²) in [5, 5.41) is 7.54. The van der Waals surface area contributed by atoms with Crippen LogP contribution < -0.4 is 15.5 Å². The van der Waals surface area contributed by atoms with Gasteiger partial charge in [-0.3, -0.25) is 4.99 Å². The van der Waals surface area contributed by atoms with Gasteiger partial charge in [0.1, 0.15) is 5.82 Å². The number of anilines is 1. The lowest BCUT2D eigenvalue weighted by Crippen LogP contribution is -2.44. The molecule has 0 aromatic carbocycles. The number of halogens is 2. The summed E-state index contributed by atoms with van der Waals surface area (Å²) in [6.45, 7) is 2.55. The van der Waals surface area contributed by atoms with Crippen LogP contribution >= 0.6 is 35.6 Å². The topological polar surface area (TPSA) is 57.5 Å². The summed E-state index contributed by atoms with van der Waals surface area (Å²) in [4.78, 5) is 10.9. The van der Waals surface area contributed by atoms with Gasteiger partial charge in [-0.1, -0.05) is 11.6 Å². The Morgan fingerprint density at radius 3 is 2.96 bits per heavy atom. The summed E-state index contributed by atoms with van der Waals surface area (Å²) in [6.07, 6.45) is 6.95. The maximum atomic E-state index is 6.24. The van der Waals surface area contributed by atoms with Gasteiger partial charge in [-0.25, -0.2) is 4.98 Å². The molecule has 25 heavy (non-hydrogen) atoms. The van der Waals surface area contributed by atoms with E-state index in [0.29, 0.717) is 11.1 Å². The molecular weight excluding hydrogens is 451 g/mol. The van der Waals surface area contributed by atoms with E-state index in [2.05, 4.69) is 37.8 Å². The van der Waals surface area contributed by atoms with E-state index in [1.54, 1.807) is 13.2 Å². The quantitative estimate of drug-likeness (QED) is 0.406. The van der Waals surface area contributed by atoms with Gasteiger partial charge in [0, 0.05) is 58.4 Å². The first-order valence-corrected chi connectivity index (χ1v) is 8.47. The zero-order valence-corrected chi connectivity index (χ0v) is 17.5. The van der Waals surface area contributed by atoms with Crippen LogP contribution in [-0.4, -0.2) is 41.7 Å². The van der Waals surface area contributed by atoms with Crippen molar-refractivity contribution in [1.29, 1.82) is 0 Å². The second-order valence-electron chi connectivity index (χ2n) is 6.00. The lowest BCUT2D eigenvalue weighted by atomic mass is 10.3. The van der Waals surface area contributed by atoms with Gasteiger partial charge in [0.2, 0.25) is 0 Å². The van der Waals surface area contributed by atoms with Crippen LogP contribution in [0.1, 0.15) is 12.0 Å². The molecule has 1 unspecified atom stereocenters. The van der Waals surface area contributed by atoms with Crippen molar-refractivity contribution in [3.63, 3.8) is 0 Å². The molecule has 0 amide bonds. The van der Waals surface area contributed by atoms with E-state index in [1.807, 2.05) is 29.9 Å². The Morgan fingerprint density at radius 2 is 2.28 bits per heavy atom. The van der Waals surface area contributed by atoms with Crippen molar-refractivity contribution in [2.75, 3.05) is 25.0 Å². The second kappa shape index (κ2) is 9.28. The molecule has 1 fully saturated rings. The van der Waals surface area contributed by atoms with Crippen LogP contribution in [0.4, 0.5) is 5.82 Å². The molecule has 3 rings (SSSR count). The number of hydrogen-bond donors (Lipinski definition) is 2.